The number of fused-ring (bicyclic) bond motifs is 1. The highest BCUT2D eigenvalue weighted by Crippen LogP contribution is 2.23. The quantitative estimate of drug-likeness (QED) is 0.810. The molecule has 1 aromatic carbocycles. The second kappa shape index (κ2) is 6.13. The summed E-state index contributed by atoms with van der Waals surface area (Å²) in [5, 5.41) is 0.711. The lowest BCUT2D eigenvalue weighted by molar-refractivity contribution is 0.103. The Morgan fingerprint density at radius 3 is 2.86 bits per heavy atom. The molecule has 4 nitrogen and oxygen atoms in total. The number of alkyl halides is 1. The van der Waals surface area contributed by atoms with Crippen LogP contribution in [0.4, 0.5) is 0 Å². The van der Waals surface area contributed by atoms with Gasteiger partial charge in [0.25, 0.3) is 0 Å². The molecule has 2 heterocycles. The lowest BCUT2D eigenvalue weighted by Crippen LogP contribution is -2.51. The number of rotatable bonds is 3. The first-order valence-electron chi connectivity index (χ1n) is 7.18. The molecule has 0 saturated carbocycles. The molecule has 1 saturated heterocycles. The van der Waals surface area contributed by atoms with Crippen molar-refractivity contribution in [3.8, 4) is 0 Å². The number of likely N-dealkylation sites (N-methyl/N-ethyl adjacent to an activating group) is 2. The second-order valence-electron chi connectivity index (χ2n) is 5.80. The summed E-state index contributed by atoms with van der Waals surface area (Å²) < 4.78 is 2.24. The van der Waals surface area contributed by atoms with Crippen LogP contribution < -0.4 is 0 Å². The second-order valence-corrected chi connectivity index (χ2v) is 6.51. The molecule has 0 bridgehead atoms. The molecule has 3 rings (SSSR count). The van der Waals surface area contributed by atoms with E-state index in [0.29, 0.717) is 16.9 Å². The standard InChI is InChI=1S/C15H20Cl2N4/c1-19-5-6-20(2)12(9-19)10-21-14-4-3-11(17)7-13(14)18-15(21)8-16/h3-4,7,12H,5-6,8-10H2,1-2H3. The van der Waals surface area contributed by atoms with E-state index in [2.05, 4.69) is 33.4 Å². The molecule has 1 aliphatic heterocycles. The topological polar surface area (TPSA) is 24.3 Å². The summed E-state index contributed by atoms with van der Waals surface area (Å²) in [6, 6.07) is 6.32. The van der Waals surface area contributed by atoms with Crippen LogP contribution in [-0.4, -0.2) is 59.1 Å². The van der Waals surface area contributed by atoms with Crippen LogP contribution >= 0.6 is 23.2 Å². The van der Waals surface area contributed by atoms with E-state index >= 15 is 0 Å². The average Bonchev–Trinajstić information content (AvgIpc) is 2.80. The minimum atomic E-state index is 0.415. The largest absolute Gasteiger partial charge is 0.325 e. The summed E-state index contributed by atoms with van der Waals surface area (Å²) in [4.78, 5) is 9.41. The molecule has 6 heteroatoms. The third-order valence-electron chi connectivity index (χ3n) is 4.28. The number of hydrogen-bond donors (Lipinski definition) is 0. The maximum atomic E-state index is 6.09. The molecule has 0 N–H and O–H groups in total. The maximum absolute atomic E-state index is 6.09. The minimum Gasteiger partial charge on any atom is -0.325 e. The van der Waals surface area contributed by atoms with Crippen molar-refractivity contribution in [3.63, 3.8) is 0 Å². The Morgan fingerprint density at radius 2 is 2.10 bits per heavy atom. The van der Waals surface area contributed by atoms with Gasteiger partial charge < -0.3 is 9.47 Å². The summed E-state index contributed by atoms with van der Waals surface area (Å²) in [6.45, 7) is 4.18. The highest BCUT2D eigenvalue weighted by molar-refractivity contribution is 6.31. The van der Waals surface area contributed by atoms with Crippen molar-refractivity contribution in [3.05, 3.63) is 29.0 Å². The lowest BCUT2D eigenvalue weighted by Gasteiger charge is -2.38. The van der Waals surface area contributed by atoms with Crippen molar-refractivity contribution >= 4 is 34.2 Å². The van der Waals surface area contributed by atoms with E-state index in [9.17, 15) is 0 Å². The van der Waals surface area contributed by atoms with Gasteiger partial charge in [0.05, 0.1) is 16.9 Å². The predicted octanol–water partition coefficient (Wildman–Crippen LogP) is 2.67. The van der Waals surface area contributed by atoms with Gasteiger partial charge in [-0.2, -0.15) is 0 Å². The molecule has 2 aromatic rings. The molecule has 0 spiro atoms. The van der Waals surface area contributed by atoms with Gasteiger partial charge in [-0.1, -0.05) is 11.6 Å². The molecule has 21 heavy (non-hydrogen) atoms. The van der Waals surface area contributed by atoms with Crippen LogP contribution in [0.3, 0.4) is 0 Å². The number of imidazole rings is 1. The van der Waals surface area contributed by atoms with Crippen molar-refractivity contribution < 1.29 is 0 Å². The first kappa shape index (κ1) is 15.1. The molecule has 0 amide bonds. The van der Waals surface area contributed by atoms with Crippen LogP contribution in [0.25, 0.3) is 11.0 Å². The zero-order valence-electron chi connectivity index (χ0n) is 12.4. The first-order chi connectivity index (χ1) is 10.1. The van der Waals surface area contributed by atoms with Crippen LogP contribution in [0.2, 0.25) is 5.02 Å². The van der Waals surface area contributed by atoms with E-state index in [4.69, 9.17) is 23.2 Å². The van der Waals surface area contributed by atoms with E-state index in [1.807, 2.05) is 18.2 Å². The Kier molecular flexibility index (Phi) is 4.41. The fourth-order valence-corrected chi connectivity index (χ4v) is 3.34. The van der Waals surface area contributed by atoms with E-state index in [1.54, 1.807) is 0 Å². The third kappa shape index (κ3) is 3.04. The Labute approximate surface area is 135 Å². The number of hydrogen-bond acceptors (Lipinski definition) is 3. The van der Waals surface area contributed by atoms with Crippen molar-refractivity contribution in [2.75, 3.05) is 33.7 Å². The molecule has 0 radical (unpaired) electrons. The molecule has 0 aliphatic carbocycles. The van der Waals surface area contributed by atoms with E-state index < -0.39 is 0 Å². The van der Waals surface area contributed by atoms with Crippen LogP contribution in [0.5, 0.6) is 0 Å². The smallest absolute Gasteiger partial charge is 0.124 e. The normalized spacial score (nSPS) is 21.2. The molecule has 1 fully saturated rings. The van der Waals surface area contributed by atoms with Gasteiger partial charge in [0.1, 0.15) is 5.82 Å². The van der Waals surface area contributed by atoms with Gasteiger partial charge in [-0.15, -0.1) is 11.6 Å². The molecule has 1 unspecified atom stereocenters. The summed E-state index contributed by atoms with van der Waals surface area (Å²) in [6.07, 6.45) is 0. The SMILES string of the molecule is CN1CCN(C)C(Cn2c(CCl)nc3cc(Cl)ccc32)C1. The molecule has 1 aromatic heterocycles. The monoisotopic (exact) mass is 326 g/mol. The summed E-state index contributed by atoms with van der Waals surface area (Å²) in [5.74, 6) is 1.33. The van der Waals surface area contributed by atoms with Crippen LogP contribution in [-0.2, 0) is 12.4 Å². The maximum Gasteiger partial charge on any atom is 0.124 e. The highest BCUT2D eigenvalue weighted by atomic mass is 35.5. The van der Waals surface area contributed by atoms with Gasteiger partial charge in [0.15, 0.2) is 0 Å². The van der Waals surface area contributed by atoms with Gasteiger partial charge >= 0.3 is 0 Å². The van der Waals surface area contributed by atoms with Gasteiger partial charge in [0.2, 0.25) is 0 Å². The molecule has 1 aliphatic rings. The zero-order chi connectivity index (χ0) is 15.0. The van der Waals surface area contributed by atoms with Crippen molar-refractivity contribution in [2.45, 2.75) is 18.5 Å². The molecule has 1 atom stereocenters. The minimum absolute atomic E-state index is 0.415. The Hall–Kier alpha value is -0.810. The van der Waals surface area contributed by atoms with Crippen molar-refractivity contribution in [1.82, 2.24) is 19.4 Å². The predicted molar refractivity (Wildman–Crippen MR) is 88.2 cm³/mol. The number of benzene rings is 1. The summed E-state index contributed by atoms with van der Waals surface area (Å²) >= 11 is 12.1. The van der Waals surface area contributed by atoms with Crippen LogP contribution in [0.1, 0.15) is 5.82 Å². The fourth-order valence-electron chi connectivity index (χ4n) is 2.97. The molecular formula is C15H20Cl2N4. The van der Waals surface area contributed by atoms with Crippen molar-refractivity contribution in [2.24, 2.45) is 0 Å². The Bertz CT molecular complexity index is 640. The zero-order valence-corrected chi connectivity index (χ0v) is 13.9. The fraction of sp³-hybridized carbons (Fsp3) is 0.533. The van der Waals surface area contributed by atoms with Crippen molar-refractivity contribution in [1.29, 1.82) is 0 Å². The van der Waals surface area contributed by atoms with E-state index in [0.717, 1.165) is 43.0 Å². The highest BCUT2D eigenvalue weighted by Gasteiger charge is 2.24. The van der Waals surface area contributed by atoms with Gasteiger partial charge in [0, 0.05) is 37.2 Å². The number of nitrogens with zero attached hydrogens (tertiary/aromatic N) is 4. The van der Waals surface area contributed by atoms with Crippen LogP contribution in [0.15, 0.2) is 18.2 Å². The van der Waals surface area contributed by atoms with Crippen LogP contribution in [0, 0.1) is 0 Å². The molecular weight excluding hydrogens is 307 g/mol. The van der Waals surface area contributed by atoms with Gasteiger partial charge in [-0.05, 0) is 32.3 Å². The molecule has 114 valence electrons. The Balaban J connectivity index is 1.95. The average molecular weight is 327 g/mol. The lowest BCUT2D eigenvalue weighted by atomic mass is 10.2. The summed E-state index contributed by atoms with van der Waals surface area (Å²) in [7, 11) is 4.36. The number of aromatic nitrogens is 2. The number of piperazine rings is 1. The van der Waals surface area contributed by atoms with E-state index in [-0.39, 0.29) is 0 Å². The Morgan fingerprint density at radius 1 is 1.29 bits per heavy atom. The third-order valence-corrected chi connectivity index (χ3v) is 4.76. The van der Waals surface area contributed by atoms with Gasteiger partial charge in [-0.25, -0.2) is 4.98 Å². The van der Waals surface area contributed by atoms with Gasteiger partial charge in [-0.3, -0.25) is 4.90 Å². The number of halogens is 2. The van der Waals surface area contributed by atoms with E-state index in [1.165, 1.54) is 0 Å². The summed E-state index contributed by atoms with van der Waals surface area (Å²) in [5.41, 5.74) is 2.03. The first-order valence-corrected chi connectivity index (χ1v) is 8.09.